The van der Waals surface area contributed by atoms with Crippen molar-refractivity contribution in [3.05, 3.63) is 24.5 Å². The van der Waals surface area contributed by atoms with E-state index in [1.807, 2.05) is 0 Å². The number of rotatable bonds is 1. The fourth-order valence-electron chi connectivity index (χ4n) is 2.12. The van der Waals surface area contributed by atoms with Gasteiger partial charge in [0.05, 0.1) is 0 Å². The zero-order valence-corrected chi connectivity index (χ0v) is 10.1. The summed E-state index contributed by atoms with van der Waals surface area (Å²) in [7, 11) is 0. The van der Waals surface area contributed by atoms with Crippen LogP contribution in [0.15, 0.2) is 24.5 Å². The Labute approximate surface area is 108 Å². The SMILES string of the molecule is C/C=C1/O[C@@H](n2cnc3c(N)ncnc32)[C@@H](O)[C@H]1O. The predicted molar refractivity (Wildman–Crippen MR) is 65.6 cm³/mol. The topological polar surface area (TPSA) is 119 Å². The Morgan fingerprint density at radius 1 is 1.37 bits per heavy atom. The lowest BCUT2D eigenvalue weighted by molar-refractivity contribution is -0.0118. The molecule has 0 aliphatic carbocycles. The Morgan fingerprint density at radius 3 is 2.84 bits per heavy atom. The number of imidazole rings is 1. The van der Waals surface area contributed by atoms with E-state index >= 15 is 0 Å². The number of ether oxygens (including phenoxy) is 1. The van der Waals surface area contributed by atoms with Crippen molar-refractivity contribution in [1.82, 2.24) is 19.5 Å². The predicted octanol–water partition coefficient (Wildman–Crippen LogP) is -0.437. The van der Waals surface area contributed by atoms with E-state index in [4.69, 9.17) is 10.5 Å². The summed E-state index contributed by atoms with van der Waals surface area (Å²) in [6, 6.07) is 0. The maximum Gasteiger partial charge on any atom is 0.207 e. The standard InChI is InChI=1S/C11H13N5O3/c1-2-5-7(17)8(18)11(19-5)16-4-15-6-9(12)13-3-14-10(6)16/h2-4,7-8,11,17-18H,1H3,(H2,12,13,14)/b5-2+/t7-,8-,11+/m0/s1. The number of aliphatic hydroxyl groups is 2. The van der Waals surface area contributed by atoms with Gasteiger partial charge in [0.1, 0.15) is 36.1 Å². The van der Waals surface area contributed by atoms with Crippen molar-refractivity contribution in [2.24, 2.45) is 0 Å². The summed E-state index contributed by atoms with van der Waals surface area (Å²) in [6.45, 7) is 1.72. The number of aromatic nitrogens is 4. The second kappa shape index (κ2) is 4.18. The molecule has 0 saturated carbocycles. The van der Waals surface area contributed by atoms with E-state index in [0.717, 1.165) is 0 Å². The lowest BCUT2D eigenvalue weighted by Crippen LogP contribution is -2.27. The van der Waals surface area contributed by atoms with Crippen LogP contribution in [0.3, 0.4) is 0 Å². The molecule has 3 heterocycles. The largest absolute Gasteiger partial charge is 0.469 e. The summed E-state index contributed by atoms with van der Waals surface area (Å²) in [5.41, 5.74) is 6.57. The summed E-state index contributed by atoms with van der Waals surface area (Å²) in [5.74, 6) is 0.574. The minimum atomic E-state index is -1.10. The molecule has 8 heteroatoms. The van der Waals surface area contributed by atoms with Gasteiger partial charge in [0, 0.05) is 0 Å². The van der Waals surface area contributed by atoms with Crippen LogP contribution in [0.4, 0.5) is 5.82 Å². The molecule has 0 spiro atoms. The molecule has 1 aliphatic heterocycles. The number of anilines is 1. The van der Waals surface area contributed by atoms with E-state index in [1.165, 1.54) is 17.2 Å². The lowest BCUT2D eigenvalue weighted by atomic mass is 10.2. The normalized spacial score (nSPS) is 29.0. The van der Waals surface area contributed by atoms with Crippen LogP contribution in [-0.2, 0) is 4.74 Å². The Bertz CT molecular complexity index is 653. The first-order chi connectivity index (χ1) is 9.13. The van der Waals surface area contributed by atoms with E-state index in [-0.39, 0.29) is 5.82 Å². The third-order valence-electron chi connectivity index (χ3n) is 3.11. The minimum absolute atomic E-state index is 0.253. The Morgan fingerprint density at radius 2 is 2.16 bits per heavy atom. The van der Waals surface area contributed by atoms with Crippen LogP contribution in [0.5, 0.6) is 0 Å². The van der Waals surface area contributed by atoms with Gasteiger partial charge < -0.3 is 20.7 Å². The first-order valence-corrected chi connectivity index (χ1v) is 5.75. The summed E-state index contributed by atoms with van der Waals surface area (Å²) >= 11 is 0. The number of aliphatic hydroxyl groups excluding tert-OH is 2. The van der Waals surface area contributed by atoms with Gasteiger partial charge in [-0.05, 0) is 13.0 Å². The summed E-state index contributed by atoms with van der Waals surface area (Å²) in [4.78, 5) is 12.0. The molecule has 2 aromatic rings. The first kappa shape index (κ1) is 11.9. The van der Waals surface area contributed by atoms with Crippen LogP contribution >= 0.6 is 0 Å². The van der Waals surface area contributed by atoms with Gasteiger partial charge in [0.2, 0.25) is 6.23 Å². The maximum atomic E-state index is 10.0. The van der Waals surface area contributed by atoms with Gasteiger partial charge in [-0.25, -0.2) is 15.0 Å². The van der Waals surface area contributed by atoms with E-state index in [1.54, 1.807) is 13.0 Å². The molecule has 3 atom stereocenters. The van der Waals surface area contributed by atoms with E-state index in [9.17, 15) is 10.2 Å². The summed E-state index contributed by atoms with van der Waals surface area (Å²) < 4.78 is 7.04. The number of allylic oxidation sites excluding steroid dienone is 1. The van der Waals surface area contributed by atoms with Crippen molar-refractivity contribution in [2.45, 2.75) is 25.4 Å². The van der Waals surface area contributed by atoms with E-state index in [0.29, 0.717) is 16.9 Å². The number of hydrogen-bond acceptors (Lipinski definition) is 7. The molecule has 8 nitrogen and oxygen atoms in total. The quantitative estimate of drug-likeness (QED) is 0.638. The van der Waals surface area contributed by atoms with Crippen LogP contribution in [-0.4, -0.2) is 41.9 Å². The third-order valence-corrected chi connectivity index (χ3v) is 3.11. The van der Waals surface area contributed by atoms with Crippen molar-refractivity contribution in [3.63, 3.8) is 0 Å². The highest BCUT2D eigenvalue weighted by Gasteiger charge is 2.41. The molecule has 0 aromatic carbocycles. The lowest BCUT2D eigenvalue weighted by Gasteiger charge is -2.15. The molecule has 0 amide bonds. The van der Waals surface area contributed by atoms with Crippen LogP contribution in [0.1, 0.15) is 13.2 Å². The molecular formula is C11H13N5O3. The van der Waals surface area contributed by atoms with Crippen molar-refractivity contribution >= 4 is 17.0 Å². The average Bonchev–Trinajstić information content (AvgIpc) is 2.94. The third kappa shape index (κ3) is 1.65. The van der Waals surface area contributed by atoms with E-state index < -0.39 is 18.4 Å². The average molecular weight is 263 g/mol. The summed E-state index contributed by atoms with van der Waals surface area (Å²) in [6.07, 6.45) is 1.42. The molecular weight excluding hydrogens is 250 g/mol. The molecule has 1 aliphatic rings. The molecule has 1 saturated heterocycles. The molecule has 1 fully saturated rings. The highest BCUT2D eigenvalue weighted by atomic mass is 16.5. The zero-order chi connectivity index (χ0) is 13.6. The summed E-state index contributed by atoms with van der Waals surface area (Å²) in [5, 5.41) is 19.8. The van der Waals surface area contributed by atoms with Crippen molar-refractivity contribution in [2.75, 3.05) is 5.73 Å². The maximum absolute atomic E-state index is 10.0. The monoisotopic (exact) mass is 263 g/mol. The van der Waals surface area contributed by atoms with Gasteiger partial charge in [0.25, 0.3) is 0 Å². The van der Waals surface area contributed by atoms with Crippen LogP contribution < -0.4 is 5.73 Å². The molecule has 0 unspecified atom stereocenters. The van der Waals surface area contributed by atoms with Gasteiger partial charge in [-0.2, -0.15) is 0 Å². The van der Waals surface area contributed by atoms with E-state index in [2.05, 4.69) is 15.0 Å². The highest BCUT2D eigenvalue weighted by Crippen LogP contribution is 2.33. The molecule has 19 heavy (non-hydrogen) atoms. The van der Waals surface area contributed by atoms with Crippen LogP contribution in [0.2, 0.25) is 0 Å². The van der Waals surface area contributed by atoms with Crippen LogP contribution in [0.25, 0.3) is 11.2 Å². The second-order valence-corrected chi connectivity index (χ2v) is 4.22. The Balaban J connectivity index is 2.09. The fourth-order valence-corrected chi connectivity index (χ4v) is 2.12. The highest BCUT2D eigenvalue weighted by molar-refractivity contribution is 5.81. The van der Waals surface area contributed by atoms with Gasteiger partial charge in [-0.15, -0.1) is 0 Å². The van der Waals surface area contributed by atoms with Crippen molar-refractivity contribution in [1.29, 1.82) is 0 Å². The van der Waals surface area contributed by atoms with Crippen molar-refractivity contribution in [3.8, 4) is 0 Å². The molecule has 2 aromatic heterocycles. The molecule has 100 valence electrons. The number of nitrogens with zero attached hydrogens (tertiary/aromatic N) is 4. The molecule has 3 rings (SSSR count). The van der Waals surface area contributed by atoms with Crippen LogP contribution in [0, 0.1) is 0 Å². The minimum Gasteiger partial charge on any atom is -0.469 e. The smallest absolute Gasteiger partial charge is 0.207 e. The number of nitrogen functional groups attached to an aromatic ring is 1. The fraction of sp³-hybridized carbons (Fsp3) is 0.364. The van der Waals surface area contributed by atoms with Gasteiger partial charge in [0.15, 0.2) is 11.5 Å². The van der Waals surface area contributed by atoms with Gasteiger partial charge in [-0.1, -0.05) is 0 Å². The second-order valence-electron chi connectivity index (χ2n) is 4.22. The first-order valence-electron chi connectivity index (χ1n) is 5.75. The van der Waals surface area contributed by atoms with Gasteiger partial charge >= 0.3 is 0 Å². The van der Waals surface area contributed by atoms with Gasteiger partial charge in [-0.3, -0.25) is 4.57 Å². The van der Waals surface area contributed by atoms with Crippen molar-refractivity contribution < 1.29 is 14.9 Å². The molecule has 0 bridgehead atoms. The zero-order valence-electron chi connectivity index (χ0n) is 10.1. The molecule has 4 N–H and O–H groups in total. The number of fused-ring (bicyclic) bond motifs is 1. The Kier molecular flexibility index (Phi) is 2.61. The number of nitrogens with two attached hydrogens (primary N) is 1. The Hall–Kier alpha value is -2.19. The molecule has 0 radical (unpaired) electrons. The number of hydrogen-bond donors (Lipinski definition) is 3.